The molecular formula is C12H19NO2. The number of carbonyl (C=O) groups is 1. The third kappa shape index (κ3) is 6.55. The Balaban J connectivity index is 0.000000921. The Kier molecular flexibility index (Phi) is 8.15. The molecule has 3 nitrogen and oxygen atoms in total. The quantitative estimate of drug-likeness (QED) is 0.831. The summed E-state index contributed by atoms with van der Waals surface area (Å²) in [5.74, 6) is 0. The van der Waals surface area contributed by atoms with Crippen LogP contribution in [0.3, 0.4) is 0 Å². The summed E-state index contributed by atoms with van der Waals surface area (Å²) in [6.07, 6.45) is 0.379. The van der Waals surface area contributed by atoms with Crippen molar-refractivity contribution in [3.63, 3.8) is 0 Å². The van der Waals surface area contributed by atoms with E-state index in [0.29, 0.717) is 6.61 Å². The number of nitrogens with one attached hydrogen (secondary N) is 1. The van der Waals surface area contributed by atoms with E-state index in [2.05, 4.69) is 5.32 Å². The standard InChI is InChI=1S/C10H13NO2.C2H6/c1-11-10(12)13-8-7-9-5-3-2-4-6-9;1-2/h2-6H,7-8H2,1H3,(H,11,12);1-2H3. The van der Waals surface area contributed by atoms with E-state index in [-0.39, 0.29) is 6.09 Å². The maximum Gasteiger partial charge on any atom is 0.406 e. The molecule has 3 heteroatoms. The third-order valence-corrected chi connectivity index (χ3v) is 1.67. The second-order valence-electron chi connectivity index (χ2n) is 2.62. The van der Waals surface area contributed by atoms with Gasteiger partial charge in [0.25, 0.3) is 0 Å². The van der Waals surface area contributed by atoms with E-state index in [0.717, 1.165) is 6.42 Å². The van der Waals surface area contributed by atoms with Crippen molar-refractivity contribution in [1.82, 2.24) is 5.32 Å². The molecule has 0 aliphatic rings. The Morgan fingerprint density at radius 1 is 1.27 bits per heavy atom. The van der Waals surface area contributed by atoms with Crippen molar-refractivity contribution in [3.8, 4) is 0 Å². The number of benzene rings is 1. The van der Waals surface area contributed by atoms with Gasteiger partial charge < -0.3 is 10.1 Å². The number of amides is 1. The normalized spacial score (nSPS) is 8.47. The third-order valence-electron chi connectivity index (χ3n) is 1.67. The predicted octanol–water partition coefficient (Wildman–Crippen LogP) is 2.61. The molecule has 0 saturated carbocycles. The van der Waals surface area contributed by atoms with Crippen LogP contribution in [0.2, 0.25) is 0 Å². The highest BCUT2D eigenvalue weighted by atomic mass is 16.5. The van der Waals surface area contributed by atoms with Crippen molar-refractivity contribution in [2.75, 3.05) is 13.7 Å². The molecule has 1 amide bonds. The SMILES string of the molecule is CC.CNC(=O)OCCc1ccccc1. The largest absolute Gasteiger partial charge is 0.449 e. The van der Waals surface area contributed by atoms with Crippen molar-refractivity contribution >= 4 is 6.09 Å². The van der Waals surface area contributed by atoms with Crippen molar-refractivity contribution in [2.24, 2.45) is 0 Å². The fraction of sp³-hybridized carbons (Fsp3) is 0.417. The first-order chi connectivity index (χ1) is 7.33. The molecule has 0 atom stereocenters. The topological polar surface area (TPSA) is 38.3 Å². The molecule has 0 unspecified atom stereocenters. The van der Waals surface area contributed by atoms with Gasteiger partial charge in [0.15, 0.2) is 0 Å². The molecule has 0 aromatic heterocycles. The molecule has 0 aliphatic carbocycles. The van der Waals surface area contributed by atoms with Crippen LogP contribution in [0.25, 0.3) is 0 Å². The second-order valence-corrected chi connectivity index (χ2v) is 2.62. The minimum absolute atomic E-state index is 0.379. The van der Waals surface area contributed by atoms with Gasteiger partial charge in [-0.05, 0) is 5.56 Å². The summed E-state index contributed by atoms with van der Waals surface area (Å²) in [4.78, 5) is 10.7. The molecular weight excluding hydrogens is 190 g/mol. The Hall–Kier alpha value is -1.51. The smallest absolute Gasteiger partial charge is 0.406 e. The summed E-state index contributed by atoms with van der Waals surface area (Å²) < 4.78 is 4.85. The average Bonchev–Trinajstić information content (AvgIpc) is 2.33. The van der Waals surface area contributed by atoms with Crippen LogP contribution in [0.4, 0.5) is 4.79 Å². The van der Waals surface area contributed by atoms with Crippen LogP contribution < -0.4 is 5.32 Å². The number of ether oxygens (including phenoxy) is 1. The Morgan fingerprint density at radius 2 is 1.87 bits per heavy atom. The fourth-order valence-electron chi connectivity index (χ4n) is 0.978. The number of alkyl carbamates (subject to hydrolysis) is 1. The lowest BCUT2D eigenvalue weighted by Crippen LogP contribution is -2.20. The van der Waals surface area contributed by atoms with Crippen LogP contribution >= 0.6 is 0 Å². The highest BCUT2D eigenvalue weighted by Crippen LogP contribution is 1.99. The van der Waals surface area contributed by atoms with Gasteiger partial charge in [0.1, 0.15) is 0 Å². The van der Waals surface area contributed by atoms with E-state index in [4.69, 9.17) is 4.74 Å². The van der Waals surface area contributed by atoms with Gasteiger partial charge in [-0.15, -0.1) is 0 Å². The van der Waals surface area contributed by atoms with Crippen LogP contribution in [-0.4, -0.2) is 19.7 Å². The fourth-order valence-corrected chi connectivity index (χ4v) is 0.978. The highest BCUT2D eigenvalue weighted by Gasteiger charge is 1.96. The lowest BCUT2D eigenvalue weighted by Gasteiger charge is -2.03. The summed E-state index contributed by atoms with van der Waals surface area (Å²) in [7, 11) is 1.55. The van der Waals surface area contributed by atoms with Crippen LogP contribution in [0.1, 0.15) is 19.4 Å². The number of carbonyl (C=O) groups excluding carboxylic acids is 1. The van der Waals surface area contributed by atoms with Crippen LogP contribution in [0.5, 0.6) is 0 Å². The highest BCUT2D eigenvalue weighted by molar-refractivity contribution is 5.66. The monoisotopic (exact) mass is 209 g/mol. The molecule has 0 aliphatic heterocycles. The van der Waals surface area contributed by atoms with Gasteiger partial charge in [-0.25, -0.2) is 4.79 Å². The van der Waals surface area contributed by atoms with Gasteiger partial charge in [-0.2, -0.15) is 0 Å². The van der Waals surface area contributed by atoms with Gasteiger partial charge in [0, 0.05) is 13.5 Å². The Bertz CT molecular complexity index is 260. The lowest BCUT2D eigenvalue weighted by molar-refractivity contribution is 0.150. The Morgan fingerprint density at radius 3 is 2.40 bits per heavy atom. The first kappa shape index (κ1) is 13.5. The zero-order valence-corrected chi connectivity index (χ0v) is 9.62. The molecule has 1 rings (SSSR count). The van der Waals surface area contributed by atoms with E-state index in [1.165, 1.54) is 5.56 Å². The molecule has 15 heavy (non-hydrogen) atoms. The molecule has 0 spiro atoms. The van der Waals surface area contributed by atoms with E-state index < -0.39 is 0 Å². The van der Waals surface area contributed by atoms with Gasteiger partial charge in [-0.1, -0.05) is 44.2 Å². The second kappa shape index (κ2) is 9.06. The van der Waals surface area contributed by atoms with Gasteiger partial charge in [0.05, 0.1) is 6.61 Å². The summed E-state index contributed by atoms with van der Waals surface area (Å²) in [6.45, 7) is 4.42. The lowest BCUT2D eigenvalue weighted by atomic mass is 10.2. The van der Waals surface area contributed by atoms with E-state index in [1.54, 1.807) is 7.05 Å². The minimum atomic E-state index is -0.379. The molecule has 84 valence electrons. The van der Waals surface area contributed by atoms with Crippen LogP contribution in [-0.2, 0) is 11.2 Å². The van der Waals surface area contributed by atoms with E-state index in [1.807, 2.05) is 44.2 Å². The van der Waals surface area contributed by atoms with Crippen LogP contribution in [0, 0.1) is 0 Å². The minimum Gasteiger partial charge on any atom is -0.449 e. The van der Waals surface area contributed by atoms with Crippen molar-refractivity contribution in [2.45, 2.75) is 20.3 Å². The summed E-state index contributed by atoms with van der Waals surface area (Å²) in [5.41, 5.74) is 1.17. The van der Waals surface area contributed by atoms with Gasteiger partial charge in [-0.3, -0.25) is 0 Å². The Labute approximate surface area is 91.5 Å². The first-order valence-electron chi connectivity index (χ1n) is 5.21. The molecule has 0 radical (unpaired) electrons. The maximum atomic E-state index is 10.7. The summed E-state index contributed by atoms with van der Waals surface area (Å²) in [5, 5.41) is 2.39. The van der Waals surface area contributed by atoms with Gasteiger partial charge in [0.2, 0.25) is 0 Å². The molecule has 0 heterocycles. The van der Waals surface area contributed by atoms with Crippen molar-refractivity contribution in [3.05, 3.63) is 35.9 Å². The van der Waals surface area contributed by atoms with E-state index >= 15 is 0 Å². The average molecular weight is 209 g/mol. The first-order valence-corrected chi connectivity index (χ1v) is 5.21. The molecule has 0 saturated heterocycles. The molecule has 1 aromatic rings. The summed E-state index contributed by atoms with van der Waals surface area (Å²) >= 11 is 0. The molecule has 0 bridgehead atoms. The summed E-state index contributed by atoms with van der Waals surface area (Å²) in [6, 6.07) is 9.91. The molecule has 1 aromatic carbocycles. The zero-order valence-electron chi connectivity index (χ0n) is 9.62. The van der Waals surface area contributed by atoms with Crippen molar-refractivity contribution < 1.29 is 9.53 Å². The number of hydrogen-bond acceptors (Lipinski definition) is 2. The number of hydrogen-bond donors (Lipinski definition) is 1. The number of rotatable bonds is 3. The molecule has 1 N–H and O–H groups in total. The van der Waals surface area contributed by atoms with Crippen molar-refractivity contribution in [1.29, 1.82) is 0 Å². The predicted molar refractivity (Wildman–Crippen MR) is 61.9 cm³/mol. The maximum absolute atomic E-state index is 10.7. The molecule has 0 fully saturated rings. The zero-order chi connectivity index (χ0) is 11.5. The van der Waals surface area contributed by atoms with Crippen LogP contribution in [0.15, 0.2) is 30.3 Å². The van der Waals surface area contributed by atoms with Gasteiger partial charge >= 0.3 is 6.09 Å². The van der Waals surface area contributed by atoms with E-state index in [9.17, 15) is 4.79 Å².